The number of hydrogen-bond acceptors (Lipinski definition) is 7. The van der Waals surface area contributed by atoms with Crippen molar-refractivity contribution in [3.8, 4) is 11.5 Å². The minimum atomic E-state index is -1.32. The number of carbonyl (C=O) groups excluding carboxylic acids is 4. The maximum Gasteiger partial charge on any atom is 0.325 e. The molecule has 0 spiro atoms. The van der Waals surface area contributed by atoms with Crippen molar-refractivity contribution in [2.75, 3.05) is 39.5 Å². The molecule has 1 N–H and O–H groups in total. The zero-order chi connectivity index (χ0) is 23.2. The van der Waals surface area contributed by atoms with Gasteiger partial charge in [0, 0.05) is 26.2 Å². The molecule has 1 aromatic heterocycles. The Morgan fingerprint density at radius 3 is 2.52 bits per heavy atom. The second-order valence-corrected chi connectivity index (χ2v) is 9.11. The first-order valence-corrected chi connectivity index (χ1v) is 11.4. The Kier molecular flexibility index (Phi) is 5.20. The van der Waals surface area contributed by atoms with Crippen LogP contribution in [0.5, 0.6) is 11.5 Å². The van der Waals surface area contributed by atoms with Crippen LogP contribution in [0.2, 0.25) is 0 Å². The monoisotopic (exact) mass is 470 g/mol. The SMILES string of the molecule is C[C@@]1(c2ccc3c(c2)OCO3)NC(=O)N(CC(=O)N2CCN(C(=O)c3cccs3)CC2)C1=O. The number of carbonyl (C=O) groups is 4. The fraction of sp³-hybridized carbons (Fsp3) is 0.364. The van der Waals surface area contributed by atoms with Gasteiger partial charge < -0.3 is 24.6 Å². The largest absolute Gasteiger partial charge is 0.454 e. The average Bonchev–Trinajstić information content (AvgIpc) is 3.56. The van der Waals surface area contributed by atoms with Gasteiger partial charge in [-0.05, 0) is 36.1 Å². The minimum absolute atomic E-state index is 0.0503. The molecule has 3 aliphatic heterocycles. The van der Waals surface area contributed by atoms with Gasteiger partial charge in [-0.3, -0.25) is 19.3 Å². The van der Waals surface area contributed by atoms with E-state index in [0.717, 1.165) is 4.90 Å². The van der Waals surface area contributed by atoms with Crippen molar-refractivity contribution in [2.24, 2.45) is 0 Å². The zero-order valence-electron chi connectivity index (χ0n) is 17.9. The van der Waals surface area contributed by atoms with Gasteiger partial charge in [-0.2, -0.15) is 0 Å². The van der Waals surface area contributed by atoms with E-state index in [1.807, 2.05) is 11.4 Å². The van der Waals surface area contributed by atoms with Crippen LogP contribution in [0, 0.1) is 0 Å². The molecule has 1 atom stereocenters. The summed E-state index contributed by atoms with van der Waals surface area (Å²) in [5.41, 5.74) is -0.773. The first-order chi connectivity index (χ1) is 15.9. The van der Waals surface area contributed by atoms with Gasteiger partial charge in [-0.15, -0.1) is 11.3 Å². The first-order valence-electron chi connectivity index (χ1n) is 10.5. The standard InChI is InChI=1S/C22H22N4O6S/c1-22(14-4-5-15-16(11-14)32-13-31-15)20(29)26(21(30)23-22)12-18(27)24-6-8-25(9-7-24)19(28)17-3-2-10-33-17/h2-5,10-11H,6-9,12-13H2,1H3,(H,23,30)/t22-/m0/s1. The molecule has 0 bridgehead atoms. The van der Waals surface area contributed by atoms with E-state index in [1.54, 1.807) is 41.0 Å². The van der Waals surface area contributed by atoms with Crippen LogP contribution in [0.25, 0.3) is 0 Å². The number of imide groups is 1. The summed E-state index contributed by atoms with van der Waals surface area (Å²) in [6, 6.07) is 8.02. The van der Waals surface area contributed by atoms with Gasteiger partial charge >= 0.3 is 6.03 Å². The Balaban J connectivity index is 1.22. The molecule has 3 aliphatic rings. The molecule has 0 saturated carbocycles. The average molecular weight is 471 g/mol. The molecule has 10 nitrogen and oxygen atoms in total. The highest BCUT2D eigenvalue weighted by atomic mass is 32.1. The van der Waals surface area contributed by atoms with Gasteiger partial charge in [-0.1, -0.05) is 12.1 Å². The van der Waals surface area contributed by atoms with Crippen molar-refractivity contribution in [1.29, 1.82) is 0 Å². The number of nitrogens with zero attached hydrogens (tertiary/aromatic N) is 3. The number of benzene rings is 1. The molecule has 2 saturated heterocycles. The number of amides is 5. The number of piperazine rings is 1. The lowest BCUT2D eigenvalue weighted by Crippen LogP contribution is -2.53. The summed E-state index contributed by atoms with van der Waals surface area (Å²) in [4.78, 5) is 56.0. The van der Waals surface area contributed by atoms with Gasteiger partial charge in [0.05, 0.1) is 4.88 Å². The van der Waals surface area contributed by atoms with Crippen molar-refractivity contribution >= 4 is 35.1 Å². The molecule has 2 fully saturated rings. The van der Waals surface area contributed by atoms with E-state index in [9.17, 15) is 19.2 Å². The van der Waals surface area contributed by atoms with Gasteiger partial charge in [0.1, 0.15) is 12.1 Å². The van der Waals surface area contributed by atoms with Crippen molar-refractivity contribution in [1.82, 2.24) is 20.0 Å². The number of nitrogens with one attached hydrogen (secondary N) is 1. The summed E-state index contributed by atoms with van der Waals surface area (Å²) in [6.45, 7) is 2.84. The minimum Gasteiger partial charge on any atom is -0.454 e. The normalized spacial score (nSPS) is 22.0. The molecule has 172 valence electrons. The highest BCUT2D eigenvalue weighted by Crippen LogP contribution is 2.37. The third kappa shape index (κ3) is 3.67. The molecule has 33 heavy (non-hydrogen) atoms. The van der Waals surface area contributed by atoms with Gasteiger partial charge in [0.2, 0.25) is 12.7 Å². The molecular formula is C22H22N4O6S. The van der Waals surface area contributed by atoms with E-state index >= 15 is 0 Å². The van der Waals surface area contributed by atoms with E-state index in [2.05, 4.69) is 5.32 Å². The molecule has 4 heterocycles. The highest BCUT2D eigenvalue weighted by molar-refractivity contribution is 7.12. The van der Waals surface area contributed by atoms with Crippen molar-refractivity contribution in [2.45, 2.75) is 12.5 Å². The predicted molar refractivity (Wildman–Crippen MR) is 117 cm³/mol. The highest BCUT2D eigenvalue weighted by Gasteiger charge is 2.50. The fourth-order valence-corrected chi connectivity index (χ4v) is 4.88. The predicted octanol–water partition coefficient (Wildman–Crippen LogP) is 1.23. The molecule has 5 rings (SSSR count). The van der Waals surface area contributed by atoms with E-state index in [1.165, 1.54) is 11.3 Å². The van der Waals surface area contributed by atoms with E-state index in [0.29, 0.717) is 48.1 Å². The number of rotatable bonds is 4. The zero-order valence-corrected chi connectivity index (χ0v) is 18.7. The van der Waals surface area contributed by atoms with Crippen LogP contribution in [0.1, 0.15) is 22.2 Å². The summed E-state index contributed by atoms with van der Waals surface area (Å²) >= 11 is 1.38. The summed E-state index contributed by atoms with van der Waals surface area (Å²) < 4.78 is 10.7. The van der Waals surface area contributed by atoms with Crippen LogP contribution in [0.15, 0.2) is 35.7 Å². The Hall–Kier alpha value is -3.60. The Morgan fingerprint density at radius 2 is 1.79 bits per heavy atom. The molecular weight excluding hydrogens is 448 g/mol. The van der Waals surface area contributed by atoms with Crippen molar-refractivity contribution < 1.29 is 28.7 Å². The van der Waals surface area contributed by atoms with Crippen LogP contribution < -0.4 is 14.8 Å². The van der Waals surface area contributed by atoms with Gasteiger partial charge in [0.25, 0.3) is 11.8 Å². The summed E-state index contributed by atoms with van der Waals surface area (Å²) in [5, 5.41) is 4.55. The Bertz CT molecular complexity index is 1130. The molecule has 11 heteroatoms. The van der Waals surface area contributed by atoms with Crippen molar-refractivity contribution in [3.63, 3.8) is 0 Å². The number of fused-ring (bicyclic) bond motifs is 1. The van der Waals surface area contributed by atoms with E-state index in [-0.39, 0.29) is 25.2 Å². The molecule has 0 aliphatic carbocycles. The molecule has 0 unspecified atom stereocenters. The summed E-state index contributed by atoms with van der Waals surface area (Å²) in [7, 11) is 0. The number of urea groups is 1. The quantitative estimate of drug-likeness (QED) is 0.674. The van der Waals surface area contributed by atoms with Crippen molar-refractivity contribution in [3.05, 3.63) is 46.2 Å². The number of thiophene rings is 1. The lowest BCUT2D eigenvalue weighted by molar-refractivity contribution is -0.139. The van der Waals surface area contributed by atoms with Gasteiger partial charge in [-0.25, -0.2) is 4.79 Å². The molecule has 5 amide bonds. The topological polar surface area (TPSA) is 108 Å². The fourth-order valence-electron chi connectivity index (χ4n) is 4.19. The first kappa shape index (κ1) is 21.3. The molecule has 2 aromatic rings. The maximum atomic E-state index is 13.2. The number of hydrogen-bond donors (Lipinski definition) is 1. The second-order valence-electron chi connectivity index (χ2n) is 8.16. The van der Waals surface area contributed by atoms with Crippen LogP contribution in [-0.2, 0) is 15.1 Å². The Morgan fingerprint density at radius 1 is 1.06 bits per heavy atom. The van der Waals surface area contributed by atoms with Crippen LogP contribution >= 0.6 is 11.3 Å². The lowest BCUT2D eigenvalue weighted by Gasteiger charge is -2.35. The lowest BCUT2D eigenvalue weighted by atomic mass is 9.91. The summed E-state index contributed by atoms with van der Waals surface area (Å²) in [6.07, 6.45) is 0. The summed E-state index contributed by atoms with van der Waals surface area (Å²) in [5.74, 6) is 0.177. The van der Waals surface area contributed by atoms with E-state index < -0.39 is 17.5 Å². The molecule has 1 aromatic carbocycles. The van der Waals surface area contributed by atoms with Crippen LogP contribution in [-0.4, -0.2) is 78.0 Å². The maximum absolute atomic E-state index is 13.2. The van der Waals surface area contributed by atoms with Crippen LogP contribution in [0.3, 0.4) is 0 Å². The number of ether oxygens (including phenoxy) is 2. The second kappa shape index (κ2) is 8.07. The Labute approximate surface area is 193 Å². The smallest absolute Gasteiger partial charge is 0.325 e. The molecule has 0 radical (unpaired) electrons. The van der Waals surface area contributed by atoms with E-state index in [4.69, 9.17) is 9.47 Å². The third-order valence-corrected chi connectivity index (χ3v) is 7.03. The van der Waals surface area contributed by atoms with Crippen LogP contribution in [0.4, 0.5) is 4.79 Å². The van der Waals surface area contributed by atoms with Gasteiger partial charge in [0.15, 0.2) is 11.5 Å². The third-order valence-electron chi connectivity index (χ3n) is 6.17.